The molecule has 0 aliphatic heterocycles. The Kier molecular flexibility index (Phi) is 6.38. The van der Waals surface area contributed by atoms with Crippen molar-refractivity contribution in [1.82, 2.24) is 0 Å². The van der Waals surface area contributed by atoms with Gasteiger partial charge in [-0.2, -0.15) is 5.26 Å². The van der Waals surface area contributed by atoms with E-state index in [0.29, 0.717) is 25.0 Å². The van der Waals surface area contributed by atoms with Crippen LogP contribution in [-0.2, 0) is 11.2 Å². The average molecular weight is 261 g/mol. The van der Waals surface area contributed by atoms with E-state index in [1.165, 1.54) is 0 Å². The number of hydrogen-bond acceptors (Lipinski definition) is 3. The third-order valence-corrected chi connectivity index (χ3v) is 2.70. The maximum absolute atomic E-state index is 8.57. The second-order valence-corrected chi connectivity index (χ2v) is 5.75. The van der Waals surface area contributed by atoms with E-state index in [2.05, 4.69) is 26.8 Å². The summed E-state index contributed by atoms with van der Waals surface area (Å²) in [4.78, 5) is 0. The fourth-order valence-electron chi connectivity index (χ4n) is 1.49. The summed E-state index contributed by atoms with van der Waals surface area (Å²) in [7, 11) is 0. The van der Waals surface area contributed by atoms with Crippen molar-refractivity contribution < 1.29 is 9.47 Å². The summed E-state index contributed by atoms with van der Waals surface area (Å²) >= 11 is 0. The Bertz CT molecular complexity index is 398. The van der Waals surface area contributed by atoms with Gasteiger partial charge in [-0.05, 0) is 29.5 Å². The van der Waals surface area contributed by atoms with E-state index >= 15 is 0 Å². The van der Waals surface area contributed by atoms with Crippen molar-refractivity contribution in [3.8, 4) is 11.8 Å². The lowest BCUT2D eigenvalue weighted by Crippen LogP contribution is -2.12. The monoisotopic (exact) mass is 261 g/mol. The van der Waals surface area contributed by atoms with E-state index in [9.17, 15) is 0 Å². The zero-order chi connectivity index (χ0) is 14.1. The SMILES string of the molecule is CC(C)(C)CCOCCOc1ccc(CC#N)cc1. The molecule has 0 atom stereocenters. The highest BCUT2D eigenvalue weighted by molar-refractivity contribution is 5.28. The van der Waals surface area contributed by atoms with Crippen LogP contribution in [0.1, 0.15) is 32.8 Å². The molecule has 0 spiro atoms. The first-order valence-corrected chi connectivity index (χ1v) is 6.68. The van der Waals surface area contributed by atoms with Crippen LogP contribution in [0, 0.1) is 16.7 Å². The standard InChI is InChI=1S/C16H23NO2/c1-16(2,3)9-11-18-12-13-19-15-6-4-14(5-7-15)8-10-17/h4-7H,8-9,11-13H2,1-3H3. The number of rotatable bonds is 7. The van der Waals surface area contributed by atoms with Crippen LogP contribution in [0.25, 0.3) is 0 Å². The van der Waals surface area contributed by atoms with Gasteiger partial charge in [0.2, 0.25) is 0 Å². The second-order valence-electron chi connectivity index (χ2n) is 5.75. The van der Waals surface area contributed by atoms with Crippen molar-refractivity contribution in [1.29, 1.82) is 5.26 Å². The molecule has 0 aliphatic carbocycles. The van der Waals surface area contributed by atoms with Gasteiger partial charge >= 0.3 is 0 Å². The number of ether oxygens (including phenoxy) is 2. The Labute approximate surface area is 116 Å². The summed E-state index contributed by atoms with van der Waals surface area (Å²) in [6.45, 7) is 8.55. The molecule has 0 aromatic heterocycles. The lowest BCUT2D eigenvalue weighted by Gasteiger charge is -2.17. The van der Waals surface area contributed by atoms with Gasteiger partial charge in [0.1, 0.15) is 12.4 Å². The normalized spacial score (nSPS) is 11.1. The first kappa shape index (κ1) is 15.5. The van der Waals surface area contributed by atoms with Crippen molar-refractivity contribution in [2.75, 3.05) is 19.8 Å². The van der Waals surface area contributed by atoms with E-state index in [1.54, 1.807) is 0 Å². The van der Waals surface area contributed by atoms with Crippen LogP contribution >= 0.6 is 0 Å². The largest absolute Gasteiger partial charge is 0.491 e. The molecular weight excluding hydrogens is 238 g/mol. The summed E-state index contributed by atoms with van der Waals surface area (Å²) in [6.07, 6.45) is 1.49. The Morgan fingerprint density at radius 3 is 2.32 bits per heavy atom. The van der Waals surface area contributed by atoms with Crippen LogP contribution in [0.5, 0.6) is 5.75 Å². The molecular formula is C16H23NO2. The quantitative estimate of drug-likeness (QED) is 0.704. The number of nitriles is 1. The molecule has 0 heterocycles. The molecule has 3 nitrogen and oxygen atoms in total. The Hall–Kier alpha value is -1.53. The zero-order valence-electron chi connectivity index (χ0n) is 12.1. The molecule has 0 radical (unpaired) electrons. The highest BCUT2D eigenvalue weighted by Crippen LogP contribution is 2.17. The van der Waals surface area contributed by atoms with Gasteiger partial charge in [-0.15, -0.1) is 0 Å². The highest BCUT2D eigenvalue weighted by Gasteiger charge is 2.08. The number of nitrogens with zero attached hydrogens (tertiary/aromatic N) is 1. The average Bonchev–Trinajstić information content (AvgIpc) is 2.35. The van der Waals surface area contributed by atoms with Crippen molar-refractivity contribution in [3.63, 3.8) is 0 Å². The second kappa shape index (κ2) is 7.81. The molecule has 104 valence electrons. The summed E-state index contributed by atoms with van der Waals surface area (Å²) in [5, 5.41) is 8.57. The van der Waals surface area contributed by atoms with Crippen LogP contribution in [0.2, 0.25) is 0 Å². The molecule has 19 heavy (non-hydrogen) atoms. The van der Waals surface area contributed by atoms with Gasteiger partial charge in [0, 0.05) is 6.61 Å². The molecule has 0 saturated carbocycles. The molecule has 0 bridgehead atoms. The van der Waals surface area contributed by atoms with E-state index in [4.69, 9.17) is 14.7 Å². The Balaban J connectivity index is 2.14. The molecule has 0 amide bonds. The van der Waals surface area contributed by atoms with Crippen LogP contribution in [0.4, 0.5) is 0 Å². The summed E-state index contributed by atoms with van der Waals surface area (Å²) in [5.41, 5.74) is 1.33. The first-order valence-electron chi connectivity index (χ1n) is 6.68. The summed E-state index contributed by atoms with van der Waals surface area (Å²) in [6, 6.07) is 9.73. The van der Waals surface area contributed by atoms with Gasteiger partial charge in [0.05, 0.1) is 19.1 Å². The maximum Gasteiger partial charge on any atom is 0.119 e. The smallest absolute Gasteiger partial charge is 0.119 e. The van der Waals surface area contributed by atoms with Crippen molar-refractivity contribution in [2.45, 2.75) is 33.6 Å². The molecule has 0 N–H and O–H groups in total. The van der Waals surface area contributed by atoms with Crippen molar-refractivity contribution in [2.24, 2.45) is 5.41 Å². The van der Waals surface area contributed by atoms with Gasteiger partial charge in [0.25, 0.3) is 0 Å². The van der Waals surface area contributed by atoms with Gasteiger partial charge in [-0.25, -0.2) is 0 Å². The van der Waals surface area contributed by atoms with Gasteiger partial charge in [0.15, 0.2) is 0 Å². The highest BCUT2D eigenvalue weighted by atomic mass is 16.5. The molecule has 3 heteroatoms. The Morgan fingerprint density at radius 2 is 1.74 bits per heavy atom. The third-order valence-electron chi connectivity index (χ3n) is 2.70. The topological polar surface area (TPSA) is 42.2 Å². The predicted octanol–water partition coefficient (Wildman–Crippen LogP) is 3.58. The van der Waals surface area contributed by atoms with Gasteiger partial charge in [-0.3, -0.25) is 0 Å². The lowest BCUT2D eigenvalue weighted by atomic mass is 9.93. The molecule has 0 aliphatic rings. The van der Waals surface area contributed by atoms with Crippen LogP contribution in [0.3, 0.4) is 0 Å². The van der Waals surface area contributed by atoms with Crippen LogP contribution in [-0.4, -0.2) is 19.8 Å². The van der Waals surface area contributed by atoms with Crippen molar-refractivity contribution >= 4 is 0 Å². The summed E-state index contributed by atoms with van der Waals surface area (Å²) in [5.74, 6) is 0.820. The van der Waals surface area contributed by atoms with Crippen LogP contribution in [0.15, 0.2) is 24.3 Å². The molecule has 1 aromatic carbocycles. The minimum absolute atomic E-state index is 0.317. The minimum atomic E-state index is 0.317. The van der Waals surface area contributed by atoms with E-state index in [0.717, 1.165) is 24.3 Å². The lowest BCUT2D eigenvalue weighted by molar-refractivity contribution is 0.0818. The van der Waals surface area contributed by atoms with Gasteiger partial charge in [-0.1, -0.05) is 32.9 Å². The molecule has 1 rings (SSSR count). The molecule has 1 aromatic rings. The molecule has 0 fully saturated rings. The Morgan fingerprint density at radius 1 is 1.05 bits per heavy atom. The van der Waals surface area contributed by atoms with E-state index in [-0.39, 0.29) is 0 Å². The molecule has 0 unspecified atom stereocenters. The van der Waals surface area contributed by atoms with Crippen LogP contribution < -0.4 is 4.74 Å². The fourth-order valence-corrected chi connectivity index (χ4v) is 1.49. The van der Waals surface area contributed by atoms with E-state index in [1.807, 2.05) is 24.3 Å². The maximum atomic E-state index is 8.57. The first-order chi connectivity index (χ1) is 9.01. The number of hydrogen-bond donors (Lipinski definition) is 0. The van der Waals surface area contributed by atoms with Gasteiger partial charge < -0.3 is 9.47 Å². The minimum Gasteiger partial charge on any atom is -0.491 e. The molecule has 0 saturated heterocycles. The zero-order valence-corrected chi connectivity index (χ0v) is 12.1. The summed E-state index contributed by atoms with van der Waals surface area (Å²) < 4.78 is 11.1. The predicted molar refractivity (Wildman–Crippen MR) is 76.1 cm³/mol. The third kappa shape index (κ3) is 7.48. The number of benzene rings is 1. The fraction of sp³-hybridized carbons (Fsp3) is 0.562. The van der Waals surface area contributed by atoms with E-state index < -0.39 is 0 Å². The van der Waals surface area contributed by atoms with Crippen molar-refractivity contribution in [3.05, 3.63) is 29.8 Å².